The van der Waals surface area contributed by atoms with Crippen LogP contribution in [0.3, 0.4) is 0 Å². The van der Waals surface area contributed by atoms with Crippen LogP contribution in [0.1, 0.15) is 30.4 Å². The Hall–Kier alpha value is -1.87. The highest BCUT2D eigenvalue weighted by molar-refractivity contribution is 5.27. The fraction of sp³-hybridized carbons (Fsp3) is 0.353. The molecular weight excluding hydrogens is 250 g/mol. The molecule has 0 radical (unpaired) electrons. The van der Waals surface area contributed by atoms with Gasteiger partial charge in [-0.3, -0.25) is 4.98 Å². The number of pyridine rings is 1. The lowest BCUT2D eigenvalue weighted by atomic mass is 9.92. The molecule has 1 aromatic carbocycles. The summed E-state index contributed by atoms with van der Waals surface area (Å²) in [6.45, 7) is 2.05. The van der Waals surface area contributed by atoms with Gasteiger partial charge in [-0.1, -0.05) is 19.1 Å². The number of ether oxygens (including phenoxy) is 1. The van der Waals surface area contributed by atoms with Crippen molar-refractivity contribution in [2.45, 2.75) is 31.8 Å². The van der Waals surface area contributed by atoms with E-state index >= 15 is 0 Å². The average Bonchev–Trinajstić information content (AvgIpc) is 2.53. The van der Waals surface area contributed by atoms with Gasteiger partial charge in [0.05, 0.1) is 13.2 Å². The SMILES string of the molecule is COc1ccc(CCC(O)C(C)c2ccncc2)cc1. The molecule has 1 heterocycles. The van der Waals surface area contributed by atoms with Crippen molar-refractivity contribution in [1.82, 2.24) is 4.98 Å². The zero-order valence-corrected chi connectivity index (χ0v) is 12.0. The van der Waals surface area contributed by atoms with Crippen LogP contribution in [0.25, 0.3) is 0 Å². The molecule has 1 aromatic heterocycles. The van der Waals surface area contributed by atoms with E-state index in [-0.39, 0.29) is 12.0 Å². The molecule has 0 saturated heterocycles. The Morgan fingerprint density at radius 2 is 1.75 bits per heavy atom. The van der Waals surface area contributed by atoms with E-state index in [9.17, 15) is 5.11 Å². The van der Waals surface area contributed by atoms with Crippen molar-refractivity contribution in [3.05, 3.63) is 59.9 Å². The lowest BCUT2D eigenvalue weighted by Gasteiger charge is -2.19. The first-order chi connectivity index (χ1) is 9.70. The van der Waals surface area contributed by atoms with Gasteiger partial charge < -0.3 is 9.84 Å². The van der Waals surface area contributed by atoms with Crippen LogP contribution < -0.4 is 4.74 Å². The van der Waals surface area contributed by atoms with Crippen molar-refractivity contribution in [1.29, 1.82) is 0 Å². The van der Waals surface area contributed by atoms with Gasteiger partial charge in [-0.05, 0) is 48.2 Å². The van der Waals surface area contributed by atoms with Gasteiger partial charge in [-0.15, -0.1) is 0 Å². The minimum Gasteiger partial charge on any atom is -0.497 e. The summed E-state index contributed by atoms with van der Waals surface area (Å²) in [5.74, 6) is 0.982. The second-order valence-corrected chi connectivity index (χ2v) is 5.02. The van der Waals surface area contributed by atoms with E-state index in [1.807, 2.05) is 43.3 Å². The molecule has 106 valence electrons. The van der Waals surface area contributed by atoms with E-state index in [1.165, 1.54) is 5.56 Å². The summed E-state index contributed by atoms with van der Waals surface area (Å²) in [6, 6.07) is 11.9. The Morgan fingerprint density at radius 1 is 1.10 bits per heavy atom. The monoisotopic (exact) mass is 271 g/mol. The van der Waals surface area contributed by atoms with Crippen LogP contribution in [-0.4, -0.2) is 23.3 Å². The Bertz CT molecular complexity index is 510. The van der Waals surface area contributed by atoms with Crippen molar-refractivity contribution < 1.29 is 9.84 Å². The molecule has 0 aliphatic heterocycles. The first-order valence-corrected chi connectivity index (χ1v) is 6.91. The zero-order valence-electron chi connectivity index (χ0n) is 12.0. The van der Waals surface area contributed by atoms with E-state index in [2.05, 4.69) is 4.98 Å². The van der Waals surface area contributed by atoms with Gasteiger partial charge >= 0.3 is 0 Å². The topological polar surface area (TPSA) is 42.4 Å². The van der Waals surface area contributed by atoms with Crippen LogP contribution in [0.15, 0.2) is 48.8 Å². The molecule has 1 N–H and O–H groups in total. The van der Waals surface area contributed by atoms with E-state index in [0.29, 0.717) is 0 Å². The number of benzene rings is 1. The summed E-state index contributed by atoms with van der Waals surface area (Å²) >= 11 is 0. The molecular formula is C17H21NO2. The quantitative estimate of drug-likeness (QED) is 0.877. The van der Waals surface area contributed by atoms with E-state index in [1.54, 1.807) is 19.5 Å². The molecule has 20 heavy (non-hydrogen) atoms. The van der Waals surface area contributed by atoms with Crippen LogP contribution in [0, 0.1) is 0 Å². The van der Waals surface area contributed by atoms with Gasteiger partial charge in [-0.2, -0.15) is 0 Å². The Balaban J connectivity index is 1.89. The fourth-order valence-electron chi connectivity index (χ4n) is 2.25. The average molecular weight is 271 g/mol. The highest BCUT2D eigenvalue weighted by Gasteiger charge is 2.15. The molecule has 0 fully saturated rings. The van der Waals surface area contributed by atoms with Crippen molar-refractivity contribution in [3.8, 4) is 5.75 Å². The number of hydrogen-bond acceptors (Lipinski definition) is 3. The predicted molar refractivity (Wildman–Crippen MR) is 80.0 cm³/mol. The summed E-state index contributed by atoms with van der Waals surface area (Å²) in [7, 11) is 1.66. The number of methoxy groups -OCH3 is 1. The van der Waals surface area contributed by atoms with Crippen molar-refractivity contribution in [2.75, 3.05) is 7.11 Å². The smallest absolute Gasteiger partial charge is 0.118 e. The molecule has 0 amide bonds. The zero-order chi connectivity index (χ0) is 14.4. The van der Waals surface area contributed by atoms with Crippen LogP contribution in [0.2, 0.25) is 0 Å². The minimum absolute atomic E-state index is 0.122. The molecule has 3 nitrogen and oxygen atoms in total. The number of nitrogens with zero attached hydrogens (tertiary/aromatic N) is 1. The third-order valence-corrected chi connectivity index (χ3v) is 3.70. The summed E-state index contributed by atoms with van der Waals surface area (Å²) in [4.78, 5) is 4.00. The maximum absolute atomic E-state index is 10.3. The predicted octanol–water partition coefficient (Wildman–Crippen LogP) is 3.19. The Kier molecular flexibility index (Phi) is 5.13. The Morgan fingerprint density at radius 3 is 2.35 bits per heavy atom. The highest BCUT2D eigenvalue weighted by Crippen LogP contribution is 2.22. The van der Waals surface area contributed by atoms with E-state index < -0.39 is 0 Å². The Labute approximate surface area is 120 Å². The molecule has 0 aliphatic rings. The molecule has 2 unspecified atom stereocenters. The number of rotatable bonds is 6. The molecule has 2 atom stereocenters. The van der Waals surface area contributed by atoms with Crippen molar-refractivity contribution in [2.24, 2.45) is 0 Å². The molecule has 0 aliphatic carbocycles. The molecule has 0 spiro atoms. The summed E-state index contributed by atoms with van der Waals surface area (Å²) in [5, 5.41) is 10.3. The van der Waals surface area contributed by atoms with Crippen molar-refractivity contribution >= 4 is 0 Å². The standard InChI is InChI=1S/C17H21NO2/c1-13(15-9-11-18-12-10-15)17(19)8-5-14-3-6-16(20-2)7-4-14/h3-4,6-7,9-13,17,19H,5,8H2,1-2H3. The third-order valence-electron chi connectivity index (χ3n) is 3.70. The molecule has 2 aromatic rings. The first-order valence-electron chi connectivity index (χ1n) is 6.91. The van der Waals surface area contributed by atoms with Gasteiger partial charge in [-0.25, -0.2) is 0 Å². The van der Waals surface area contributed by atoms with E-state index in [4.69, 9.17) is 4.74 Å². The first kappa shape index (κ1) is 14.5. The van der Waals surface area contributed by atoms with Crippen LogP contribution in [0.5, 0.6) is 5.75 Å². The van der Waals surface area contributed by atoms with Crippen LogP contribution in [0.4, 0.5) is 0 Å². The summed E-state index contributed by atoms with van der Waals surface area (Å²) < 4.78 is 5.14. The highest BCUT2D eigenvalue weighted by atomic mass is 16.5. The number of aliphatic hydroxyl groups excluding tert-OH is 1. The number of aliphatic hydroxyl groups is 1. The second-order valence-electron chi connectivity index (χ2n) is 5.02. The van der Waals surface area contributed by atoms with Gasteiger partial charge in [0.15, 0.2) is 0 Å². The van der Waals surface area contributed by atoms with Crippen LogP contribution in [-0.2, 0) is 6.42 Å². The van der Waals surface area contributed by atoms with E-state index in [0.717, 1.165) is 24.2 Å². The summed E-state index contributed by atoms with van der Waals surface area (Å²) in [6.07, 6.45) is 4.79. The number of aryl methyl sites for hydroxylation is 1. The van der Waals surface area contributed by atoms with Gasteiger partial charge in [0.1, 0.15) is 5.75 Å². The molecule has 3 heteroatoms. The lowest BCUT2D eigenvalue weighted by Crippen LogP contribution is -2.16. The number of hydrogen-bond donors (Lipinski definition) is 1. The molecule has 2 rings (SSSR count). The lowest BCUT2D eigenvalue weighted by molar-refractivity contribution is 0.140. The molecule has 0 bridgehead atoms. The largest absolute Gasteiger partial charge is 0.497 e. The second kappa shape index (κ2) is 7.06. The van der Waals surface area contributed by atoms with Gasteiger partial charge in [0, 0.05) is 18.3 Å². The van der Waals surface area contributed by atoms with Crippen LogP contribution >= 0.6 is 0 Å². The minimum atomic E-state index is -0.348. The summed E-state index contributed by atoms with van der Waals surface area (Å²) in [5.41, 5.74) is 2.34. The maximum Gasteiger partial charge on any atom is 0.118 e. The van der Waals surface area contributed by atoms with Gasteiger partial charge in [0.2, 0.25) is 0 Å². The number of aromatic nitrogens is 1. The maximum atomic E-state index is 10.3. The fourth-order valence-corrected chi connectivity index (χ4v) is 2.25. The molecule has 0 saturated carbocycles. The van der Waals surface area contributed by atoms with Gasteiger partial charge in [0.25, 0.3) is 0 Å². The van der Waals surface area contributed by atoms with Crippen molar-refractivity contribution in [3.63, 3.8) is 0 Å². The third kappa shape index (κ3) is 3.81. The normalized spacial score (nSPS) is 13.8.